The lowest BCUT2D eigenvalue weighted by atomic mass is 9.75. The van der Waals surface area contributed by atoms with E-state index in [2.05, 4.69) is 0 Å². The van der Waals surface area contributed by atoms with Gasteiger partial charge in [0.05, 0.1) is 0 Å². The summed E-state index contributed by atoms with van der Waals surface area (Å²) in [7, 11) is 0. The van der Waals surface area contributed by atoms with Gasteiger partial charge in [-0.3, -0.25) is 4.79 Å². The number of rotatable bonds is 2. The number of ether oxygens (including phenoxy) is 1. The molecule has 0 heterocycles. The summed E-state index contributed by atoms with van der Waals surface area (Å²) in [6.45, 7) is 4.07. The van der Waals surface area contributed by atoms with Gasteiger partial charge in [-0.25, -0.2) is 4.79 Å². The molecule has 60 valence electrons. The molecule has 0 N–H and O–H groups in total. The number of hydrogen-bond donors (Lipinski definition) is 0. The van der Waals surface area contributed by atoms with E-state index in [0.717, 1.165) is 0 Å². The summed E-state index contributed by atoms with van der Waals surface area (Å²) in [5.41, 5.74) is -0.493. The number of carbonyl (C=O) groups is 1. The van der Waals surface area contributed by atoms with Gasteiger partial charge in [-0.1, -0.05) is 0 Å². The smallest absolute Gasteiger partial charge is 0.176 e. The SMILES string of the molecule is CCOC1(C)CC(=O)C1=C=O. The van der Waals surface area contributed by atoms with Crippen LogP contribution in [0.1, 0.15) is 20.3 Å². The summed E-state index contributed by atoms with van der Waals surface area (Å²) < 4.78 is 5.22. The quantitative estimate of drug-likeness (QED) is 0.430. The molecule has 1 fully saturated rings. The minimum absolute atomic E-state index is 0.143. The predicted octanol–water partition coefficient (Wildman–Crippen LogP) is 0.512. The molecule has 1 rings (SSSR count). The van der Waals surface area contributed by atoms with Crippen molar-refractivity contribution in [3.05, 3.63) is 5.57 Å². The Morgan fingerprint density at radius 3 is 2.73 bits per heavy atom. The minimum Gasteiger partial charge on any atom is -0.369 e. The van der Waals surface area contributed by atoms with Gasteiger partial charge < -0.3 is 4.74 Å². The van der Waals surface area contributed by atoms with E-state index in [1.54, 1.807) is 12.9 Å². The van der Waals surface area contributed by atoms with Crippen LogP contribution in [0, 0.1) is 0 Å². The van der Waals surface area contributed by atoms with E-state index in [4.69, 9.17) is 4.74 Å². The first-order valence-electron chi connectivity index (χ1n) is 3.57. The molecule has 0 radical (unpaired) electrons. The second kappa shape index (κ2) is 2.61. The Morgan fingerprint density at radius 1 is 1.73 bits per heavy atom. The highest BCUT2D eigenvalue weighted by Gasteiger charge is 2.47. The molecule has 11 heavy (non-hydrogen) atoms. The van der Waals surface area contributed by atoms with E-state index in [-0.39, 0.29) is 11.4 Å². The summed E-state index contributed by atoms with van der Waals surface area (Å²) in [5, 5.41) is 0. The van der Waals surface area contributed by atoms with Gasteiger partial charge in [0.1, 0.15) is 17.1 Å². The summed E-state index contributed by atoms with van der Waals surface area (Å²) in [5.74, 6) is 1.48. The molecule has 0 spiro atoms. The maximum atomic E-state index is 10.8. The lowest BCUT2D eigenvalue weighted by molar-refractivity contribution is -0.133. The summed E-state index contributed by atoms with van der Waals surface area (Å²) in [6, 6.07) is 0. The predicted molar refractivity (Wildman–Crippen MR) is 38.9 cm³/mol. The molecule has 1 unspecified atom stereocenters. The van der Waals surface area contributed by atoms with Crippen LogP contribution in [0.3, 0.4) is 0 Å². The lowest BCUT2D eigenvalue weighted by Gasteiger charge is -2.36. The summed E-state index contributed by atoms with van der Waals surface area (Å²) >= 11 is 0. The van der Waals surface area contributed by atoms with Crippen molar-refractivity contribution in [2.24, 2.45) is 0 Å². The Labute approximate surface area is 65.0 Å². The standard InChI is InChI=1S/C8H10O3/c1-3-11-8(2)4-7(10)6(8)5-9/h3-4H2,1-2H3. The Morgan fingerprint density at radius 2 is 2.36 bits per heavy atom. The van der Waals surface area contributed by atoms with Crippen molar-refractivity contribution >= 4 is 11.7 Å². The second-order valence-electron chi connectivity index (χ2n) is 2.74. The molecule has 0 aliphatic heterocycles. The van der Waals surface area contributed by atoms with Crippen LogP contribution >= 0.6 is 0 Å². The van der Waals surface area contributed by atoms with Gasteiger partial charge in [0.25, 0.3) is 0 Å². The van der Waals surface area contributed by atoms with Crippen LogP contribution in [-0.4, -0.2) is 23.9 Å². The van der Waals surface area contributed by atoms with Gasteiger partial charge in [0, 0.05) is 13.0 Å². The lowest BCUT2D eigenvalue weighted by Crippen LogP contribution is -2.47. The van der Waals surface area contributed by atoms with E-state index in [9.17, 15) is 9.59 Å². The number of ketones is 1. The summed E-state index contributed by atoms with van der Waals surface area (Å²) in [4.78, 5) is 21.0. The van der Waals surface area contributed by atoms with Crippen LogP contribution in [-0.2, 0) is 14.3 Å². The Hall–Kier alpha value is -0.920. The van der Waals surface area contributed by atoms with Gasteiger partial charge in [-0.2, -0.15) is 0 Å². The average Bonchev–Trinajstić information content (AvgIpc) is 1.87. The number of hydrogen-bond acceptors (Lipinski definition) is 3. The van der Waals surface area contributed by atoms with Crippen molar-refractivity contribution in [1.82, 2.24) is 0 Å². The van der Waals surface area contributed by atoms with Crippen molar-refractivity contribution in [1.29, 1.82) is 0 Å². The first-order valence-corrected chi connectivity index (χ1v) is 3.57. The van der Waals surface area contributed by atoms with Crippen molar-refractivity contribution in [3.8, 4) is 0 Å². The molecule has 0 aromatic rings. The molecule has 1 atom stereocenters. The fourth-order valence-corrected chi connectivity index (χ4v) is 1.28. The van der Waals surface area contributed by atoms with E-state index >= 15 is 0 Å². The molecule has 1 saturated carbocycles. The van der Waals surface area contributed by atoms with E-state index in [1.807, 2.05) is 6.92 Å². The van der Waals surface area contributed by atoms with Gasteiger partial charge in [-0.15, -0.1) is 0 Å². The van der Waals surface area contributed by atoms with Crippen LogP contribution in [0.4, 0.5) is 0 Å². The van der Waals surface area contributed by atoms with Gasteiger partial charge >= 0.3 is 0 Å². The van der Waals surface area contributed by atoms with Crippen LogP contribution < -0.4 is 0 Å². The molecule has 1 aliphatic carbocycles. The van der Waals surface area contributed by atoms with Crippen LogP contribution in [0.5, 0.6) is 0 Å². The third-order valence-electron chi connectivity index (χ3n) is 1.87. The maximum Gasteiger partial charge on any atom is 0.176 e. The molecule has 0 saturated heterocycles. The largest absolute Gasteiger partial charge is 0.369 e. The van der Waals surface area contributed by atoms with Crippen molar-refractivity contribution in [2.45, 2.75) is 25.9 Å². The topological polar surface area (TPSA) is 43.4 Å². The highest BCUT2D eigenvalue weighted by atomic mass is 16.5. The minimum atomic E-state index is -0.645. The third-order valence-corrected chi connectivity index (χ3v) is 1.87. The van der Waals surface area contributed by atoms with Gasteiger partial charge in [0.2, 0.25) is 0 Å². The molecule has 0 aromatic carbocycles. The van der Waals surface area contributed by atoms with Crippen LogP contribution in [0.25, 0.3) is 0 Å². The van der Waals surface area contributed by atoms with Gasteiger partial charge in [-0.05, 0) is 13.8 Å². The normalized spacial score (nSPS) is 29.6. The second-order valence-corrected chi connectivity index (χ2v) is 2.74. The van der Waals surface area contributed by atoms with Crippen LogP contribution in [0.2, 0.25) is 0 Å². The molecule has 0 bridgehead atoms. The molecular formula is C8H10O3. The first-order chi connectivity index (χ1) is 5.14. The zero-order valence-electron chi connectivity index (χ0n) is 6.64. The fraction of sp³-hybridized carbons (Fsp3) is 0.625. The van der Waals surface area contributed by atoms with Crippen LogP contribution in [0.15, 0.2) is 5.57 Å². The van der Waals surface area contributed by atoms with Crippen molar-refractivity contribution < 1.29 is 14.3 Å². The molecule has 1 aliphatic rings. The summed E-state index contributed by atoms with van der Waals surface area (Å²) in [6.07, 6.45) is 0.311. The first kappa shape index (κ1) is 8.18. The molecular weight excluding hydrogens is 144 g/mol. The fourth-order valence-electron chi connectivity index (χ4n) is 1.28. The highest BCUT2D eigenvalue weighted by molar-refractivity contribution is 6.11. The molecule has 0 aromatic heterocycles. The van der Waals surface area contributed by atoms with E-state index in [0.29, 0.717) is 13.0 Å². The Balaban J connectivity index is 2.77. The monoisotopic (exact) mass is 154 g/mol. The zero-order valence-corrected chi connectivity index (χ0v) is 6.64. The molecule has 3 heteroatoms. The Kier molecular flexibility index (Phi) is 1.94. The highest BCUT2D eigenvalue weighted by Crippen LogP contribution is 2.35. The molecule has 0 amide bonds. The maximum absolute atomic E-state index is 10.8. The zero-order chi connectivity index (χ0) is 8.48. The van der Waals surface area contributed by atoms with Crippen molar-refractivity contribution in [3.63, 3.8) is 0 Å². The van der Waals surface area contributed by atoms with Gasteiger partial charge in [0.15, 0.2) is 5.78 Å². The number of carbonyl (C=O) groups excluding carboxylic acids is 2. The van der Waals surface area contributed by atoms with E-state index in [1.165, 1.54) is 0 Å². The van der Waals surface area contributed by atoms with E-state index < -0.39 is 5.60 Å². The van der Waals surface area contributed by atoms with Crippen molar-refractivity contribution in [2.75, 3.05) is 6.61 Å². The average molecular weight is 154 g/mol. The Bertz CT molecular complexity index is 238. The molecule has 3 nitrogen and oxygen atoms in total. The number of Topliss-reactive ketones (excluding diaryl/α,β-unsaturated/α-hetero) is 1. The third kappa shape index (κ3) is 1.13.